The van der Waals surface area contributed by atoms with E-state index in [1.165, 1.54) is 26.6 Å². The Labute approximate surface area is 197 Å². The van der Waals surface area contributed by atoms with E-state index in [1.54, 1.807) is 35.9 Å². The van der Waals surface area contributed by atoms with Crippen molar-refractivity contribution in [3.05, 3.63) is 60.8 Å². The van der Waals surface area contributed by atoms with Crippen molar-refractivity contribution >= 4 is 16.9 Å². The van der Waals surface area contributed by atoms with Crippen LogP contribution in [0.1, 0.15) is 12.7 Å². The lowest BCUT2D eigenvalue weighted by molar-refractivity contribution is 0.391. The lowest BCUT2D eigenvalue weighted by Crippen LogP contribution is -2.23. The fourth-order valence-corrected chi connectivity index (χ4v) is 3.98. The van der Waals surface area contributed by atoms with E-state index < -0.39 is 22.1 Å². The maximum Gasteiger partial charge on any atom is 0.241 e. The molecule has 0 aliphatic carbocycles. The third kappa shape index (κ3) is 4.83. The van der Waals surface area contributed by atoms with Crippen molar-refractivity contribution < 1.29 is 18.1 Å². The molecule has 0 saturated heterocycles. The lowest BCUT2D eigenvalue weighted by Gasteiger charge is -2.18. The average Bonchev–Trinajstić information content (AvgIpc) is 3.28. The molecule has 0 amide bonds. The summed E-state index contributed by atoms with van der Waals surface area (Å²) >= 11 is 0. The Morgan fingerprint density at radius 3 is 2.38 bits per heavy atom. The van der Waals surface area contributed by atoms with Gasteiger partial charge < -0.3 is 9.47 Å². The minimum atomic E-state index is -1.63. The molecule has 0 radical (unpaired) electrons. The summed E-state index contributed by atoms with van der Waals surface area (Å²) in [6, 6.07) is 5.30. The molecule has 0 aliphatic rings. The summed E-state index contributed by atoms with van der Waals surface area (Å²) in [5.41, 5.74) is 0.932. The largest absolute Gasteiger partial charge is 0.494 e. The van der Waals surface area contributed by atoms with E-state index in [1.807, 2.05) is 0 Å². The van der Waals surface area contributed by atoms with Gasteiger partial charge in [0, 0.05) is 18.8 Å². The van der Waals surface area contributed by atoms with Gasteiger partial charge in [0.25, 0.3) is 0 Å². The van der Waals surface area contributed by atoms with Crippen molar-refractivity contribution in [2.45, 2.75) is 18.6 Å². The number of ether oxygens (including phenoxy) is 2. The summed E-state index contributed by atoms with van der Waals surface area (Å²) in [4.78, 5) is 16.3. The molecule has 4 rings (SSSR count). The Morgan fingerprint density at radius 1 is 1.06 bits per heavy atom. The van der Waals surface area contributed by atoms with Crippen LogP contribution in [0.15, 0.2) is 49.2 Å². The predicted octanol–water partition coefficient (Wildman–Crippen LogP) is 2.38. The topological polar surface area (TPSA) is 130 Å². The van der Waals surface area contributed by atoms with Gasteiger partial charge >= 0.3 is 0 Å². The summed E-state index contributed by atoms with van der Waals surface area (Å²) in [7, 11) is 1.43. The minimum absolute atomic E-state index is 0.175. The van der Waals surface area contributed by atoms with Crippen LogP contribution in [-0.2, 0) is 17.4 Å². The standard InChI is InChI=1S/C21H21FN8O3S/c1-13(9-18-25-10-14(22)11-26-18)34(31)29-21-28-27-20(15-12-23-7-8-24-15)30(21)19-16(32-2)5-4-6-17(19)33-3/h4-8,10-13H,9H2,1-3H3,(H,28,29)/t13-,34?/m1/s1. The summed E-state index contributed by atoms with van der Waals surface area (Å²) in [6.45, 7) is 1.75. The SMILES string of the molecule is COc1cccc(OC)c1-n1c(NS(=O)[C@H](C)Cc2ncc(F)cn2)nnc1-c1cnccn1. The third-order valence-corrected chi connectivity index (χ3v) is 6.06. The van der Waals surface area contributed by atoms with Gasteiger partial charge in [-0.2, -0.15) is 0 Å². The zero-order chi connectivity index (χ0) is 24.1. The number of benzene rings is 1. The number of halogens is 1. The molecule has 3 aromatic heterocycles. The molecule has 1 N–H and O–H groups in total. The monoisotopic (exact) mass is 484 g/mol. The molecule has 1 aromatic carbocycles. The molecule has 0 bridgehead atoms. The molecule has 34 heavy (non-hydrogen) atoms. The molecule has 176 valence electrons. The normalized spacial score (nSPS) is 12.7. The quantitative estimate of drug-likeness (QED) is 0.380. The summed E-state index contributed by atoms with van der Waals surface area (Å²) in [5.74, 6) is 1.30. The van der Waals surface area contributed by atoms with Crippen LogP contribution >= 0.6 is 0 Å². The fourth-order valence-electron chi connectivity index (χ4n) is 3.16. The van der Waals surface area contributed by atoms with Gasteiger partial charge in [0.05, 0.1) is 38.1 Å². The van der Waals surface area contributed by atoms with Gasteiger partial charge in [-0.05, 0) is 19.1 Å². The van der Waals surface area contributed by atoms with E-state index in [-0.39, 0.29) is 12.4 Å². The summed E-state index contributed by atoms with van der Waals surface area (Å²) < 4.78 is 41.8. The number of anilines is 1. The number of methoxy groups -OCH3 is 2. The van der Waals surface area contributed by atoms with Gasteiger partial charge in [-0.25, -0.2) is 23.6 Å². The summed E-state index contributed by atoms with van der Waals surface area (Å²) in [5, 5.41) is 8.03. The molecule has 0 fully saturated rings. The number of rotatable bonds is 9. The van der Waals surface area contributed by atoms with Crippen LogP contribution in [0.4, 0.5) is 10.3 Å². The van der Waals surface area contributed by atoms with Crippen LogP contribution in [0.2, 0.25) is 0 Å². The lowest BCUT2D eigenvalue weighted by atomic mass is 10.2. The Balaban J connectivity index is 1.73. The highest BCUT2D eigenvalue weighted by atomic mass is 32.2. The molecule has 3 heterocycles. The van der Waals surface area contributed by atoms with Crippen LogP contribution in [0.5, 0.6) is 11.5 Å². The number of nitrogens with one attached hydrogen (secondary N) is 1. The van der Waals surface area contributed by atoms with Gasteiger partial charge in [-0.1, -0.05) is 6.07 Å². The van der Waals surface area contributed by atoms with Crippen molar-refractivity contribution in [2.24, 2.45) is 0 Å². The zero-order valence-electron chi connectivity index (χ0n) is 18.5. The van der Waals surface area contributed by atoms with Gasteiger partial charge in [0.1, 0.15) is 39.7 Å². The van der Waals surface area contributed by atoms with Gasteiger partial charge in [0.15, 0.2) is 11.6 Å². The van der Waals surface area contributed by atoms with E-state index in [2.05, 4.69) is 34.9 Å². The first-order chi connectivity index (χ1) is 16.5. The predicted molar refractivity (Wildman–Crippen MR) is 122 cm³/mol. The van der Waals surface area contributed by atoms with E-state index >= 15 is 0 Å². The second kappa shape index (κ2) is 10.3. The highest BCUT2D eigenvalue weighted by Crippen LogP contribution is 2.37. The van der Waals surface area contributed by atoms with Crippen molar-refractivity contribution in [3.63, 3.8) is 0 Å². The second-order valence-electron chi connectivity index (χ2n) is 7.02. The van der Waals surface area contributed by atoms with Crippen LogP contribution < -0.4 is 14.2 Å². The van der Waals surface area contributed by atoms with Crippen molar-refractivity contribution in [1.29, 1.82) is 0 Å². The van der Waals surface area contributed by atoms with E-state index in [0.717, 1.165) is 12.4 Å². The molecule has 0 saturated carbocycles. The maximum absolute atomic E-state index is 13.1. The smallest absolute Gasteiger partial charge is 0.241 e. The first kappa shape index (κ1) is 23.2. The first-order valence-corrected chi connectivity index (χ1v) is 11.3. The fraction of sp³-hybridized carbons (Fsp3) is 0.238. The molecular formula is C21H21FN8O3S. The molecular weight excluding hydrogens is 463 g/mol. The van der Waals surface area contributed by atoms with Gasteiger partial charge in [-0.15, -0.1) is 10.2 Å². The van der Waals surface area contributed by atoms with Crippen molar-refractivity contribution in [3.8, 4) is 28.7 Å². The molecule has 11 nitrogen and oxygen atoms in total. The number of nitrogens with zero attached hydrogens (tertiary/aromatic N) is 7. The number of aromatic nitrogens is 7. The molecule has 13 heteroatoms. The Hall–Kier alpha value is -4.00. The second-order valence-corrected chi connectivity index (χ2v) is 8.62. The van der Waals surface area contributed by atoms with E-state index in [9.17, 15) is 8.60 Å². The van der Waals surface area contributed by atoms with Crippen LogP contribution in [0.25, 0.3) is 17.2 Å². The Bertz CT molecular complexity index is 1260. The van der Waals surface area contributed by atoms with Crippen LogP contribution in [0.3, 0.4) is 0 Å². The maximum atomic E-state index is 13.1. The number of hydrogen-bond acceptors (Lipinski definition) is 9. The third-order valence-electron chi connectivity index (χ3n) is 4.78. The van der Waals surface area contributed by atoms with Gasteiger partial charge in [-0.3, -0.25) is 14.3 Å². The molecule has 4 aromatic rings. The van der Waals surface area contributed by atoms with Crippen molar-refractivity contribution in [2.75, 3.05) is 18.9 Å². The first-order valence-electron chi connectivity index (χ1n) is 10.1. The van der Waals surface area contributed by atoms with E-state index in [0.29, 0.717) is 34.5 Å². The number of para-hydroxylation sites is 1. The Kier molecular flexibility index (Phi) is 7.01. The minimum Gasteiger partial charge on any atom is -0.494 e. The summed E-state index contributed by atoms with van der Waals surface area (Å²) in [6.07, 6.45) is 7.01. The highest BCUT2D eigenvalue weighted by Gasteiger charge is 2.25. The molecule has 2 atom stereocenters. The van der Waals surface area contributed by atoms with Crippen molar-refractivity contribution in [1.82, 2.24) is 34.7 Å². The van der Waals surface area contributed by atoms with E-state index in [4.69, 9.17) is 9.47 Å². The highest BCUT2D eigenvalue weighted by molar-refractivity contribution is 7.86. The van der Waals surface area contributed by atoms with Gasteiger partial charge in [0.2, 0.25) is 5.95 Å². The van der Waals surface area contributed by atoms with Crippen LogP contribution in [-0.4, -0.2) is 58.4 Å². The molecule has 1 unspecified atom stereocenters. The Morgan fingerprint density at radius 2 is 1.76 bits per heavy atom. The van der Waals surface area contributed by atoms with Crippen LogP contribution in [0, 0.1) is 5.82 Å². The number of hydrogen-bond donors (Lipinski definition) is 1. The molecule has 0 spiro atoms. The average molecular weight is 485 g/mol. The zero-order valence-corrected chi connectivity index (χ0v) is 19.4. The molecule has 0 aliphatic heterocycles.